The van der Waals surface area contributed by atoms with Gasteiger partial charge in [-0.3, -0.25) is 0 Å². The average Bonchev–Trinajstić information content (AvgIpc) is 2.54. The van der Waals surface area contributed by atoms with E-state index < -0.39 is 0 Å². The molecule has 0 bridgehead atoms. The highest BCUT2D eigenvalue weighted by molar-refractivity contribution is 9.10. The fraction of sp³-hybridized carbons (Fsp3) is 0.294. The van der Waals surface area contributed by atoms with Crippen LogP contribution in [-0.4, -0.2) is 13.7 Å². The predicted molar refractivity (Wildman–Crippen MR) is 91.3 cm³/mol. The molecule has 0 amide bonds. The van der Waals surface area contributed by atoms with Gasteiger partial charge in [-0.15, -0.1) is 0 Å². The van der Waals surface area contributed by atoms with Crippen molar-refractivity contribution in [2.75, 3.05) is 24.3 Å². The quantitative estimate of drug-likeness (QED) is 0.859. The Balaban J connectivity index is 1.76. The van der Waals surface area contributed by atoms with E-state index in [1.807, 2.05) is 12.1 Å². The minimum Gasteiger partial charge on any atom is -0.495 e. The van der Waals surface area contributed by atoms with E-state index in [9.17, 15) is 0 Å². The number of nitrogens with one attached hydrogen (secondary N) is 2. The largest absolute Gasteiger partial charge is 0.495 e. The molecule has 21 heavy (non-hydrogen) atoms. The van der Waals surface area contributed by atoms with Gasteiger partial charge >= 0.3 is 0 Å². The minimum atomic E-state index is 0.807. The Bertz CT molecular complexity index is 643. The number of methoxy groups -OCH3 is 1. The first-order valence-electron chi connectivity index (χ1n) is 7.20. The van der Waals surface area contributed by atoms with Crippen LogP contribution in [0.15, 0.2) is 40.9 Å². The third-order valence-corrected chi connectivity index (χ3v) is 4.45. The molecule has 0 unspecified atom stereocenters. The zero-order chi connectivity index (χ0) is 14.7. The standard InChI is InChI=1S/C17H19BrN2O/c1-21-16-10-14(7-8-15(16)18)20-11-13-5-2-4-12-6-3-9-19-17(12)13/h2,4-5,7-8,10,19-20H,3,6,9,11H2,1H3. The van der Waals surface area contributed by atoms with Crippen LogP contribution in [0.3, 0.4) is 0 Å². The SMILES string of the molecule is COc1cc(NCc2cccc3c2NCCC3)ccc1Br. The highest BCUT2D eigenvalue weighted by atomic mass is 79.9. The molecule has 110 valence electrons. The van der Waals surface area contributed by atoms with Crippen molar-refractivity contribution in [2.45, 2.75) is 19.4 Å². The molecular formula is C17H19BrN2O. The van der Waals surface area contributed by atoms with Crippen molar-refractivity contribution in [1.29, 1.82) is 0 Å². The summed E-state index contributed by atoms with van der Waals surface area (Å²) in [4.78, 5) is 0. The third kappa shape index (κ3) is 3.16. The zero-order valence-electron chi connectivity index (χ0n) is 12.1. The number of benzene rings is 2. The number of anilines is 2. The summed E-state index contributed by atoms with van der Waals surface area (Å²) in [7, 11) is 1.68. The maximum absolute atomic E-state index is 5.33. The zero-order valence-corrected chi connectivity index (χ0v) is 13.7. The van der Waals surface area contributed by atoms with Crippen LogP contribution in [-0.2, 0) is 13.0 Å². The van der Waals surface area contributed by atoms with Gasteiger partial charge in [-0.1, -0.05) is 18.2 Å². The lowest BCUT2D eigenvalue weighted by Crippen LogP contribution is -2.15. The maximum Gasteiger partial charge on any atom is 0.135 e. The lowest BCUT2D eigenvalue weighted by molar-refractivity contribution is 0.412. The summed E-state index contributed by atoms with van der Waals surface area (Å²) in [6, 6.07) is 12.6. The molecule has 0 aliphatic carbocycles. The van der Waals surface area contributed by atoms with Gasteiger partial charge in [0.1, 0.15) is 5.75 Å². The normalized spacial score (nSPS) is 13.2. The van der Waals surface area contributed by atoms with E-state index in [1.165, 1.54) is 29.7 Å². The molecule has 0 atom stereocenters. The average molecular weight is 347 g/mol. The van der Waals surface area contributed by atoms with Gasteiger partial charge in [0.25, 0.3) is 0 Å². The molecule has 1 aliphatic rings. The summed E-state index contributed by atoms with van der Waals surface area (Å²) in [5, 5.41) is 7.00. The van der Waals surface area contributed by atoms with Crippen molar-refractivity contribution >= 4 is 27.3 Å². The number of hydrogen-bond donors (Lipinski definition) is 2. The number of rotatable bonds is 4. The van der Waals surface area contributed by atoms with Crippen LogP contribution in [0.4, 0.5) is 11.4 Å². The third-order valence-electron chi connectivity index (χ3n) is 3.80. The molecule has 0 fully saturated rings. The number of fused-ring (bicyclic) bond motifs is 1. The van der Waals surface area contributed by atoms with Crippen molar-refractivity contribution in [2.24, 2.45) is 0 Å². The van der Waals surface area contributed by atoms with Gasteiger partial charge in [0.05, 0.1) is 11.6 Å². The summed E-state index contributed by atoms with van der Waals surface area (Å²) in [6.07, 6.45) is 2.38. The smallest absolute Gasteiger partial charge is 0.135 e. The number of para-hydroxylation sites is 1. The Morgan fingerprint density at radius 2 is 2.19 bits per heavy atom. The van der Waals surface area contributed by atoms with Crippen molar-refractivity contribution < 1.29 is 4.74 Å². The van der Waals surface area contributed by atoms with Gasteiger partial charge in [0.2, 0.25) is 0 Å². The van der Waals surface area contributed by atoms with Crippen LogP contribution < -0.4 is 15.4 Å². The highest BCUT2D eigenvalue weighted by Gasteiger charge is 2.12. The predicted octanol–water partition coefficient (Wildman–Crippen LogP) is 4.43. The van der Waals surface area contributed by atoms with E-state index in [4.69, 9.17) is 4.74 Å². The van der Waals surface area contributed by atoms with Gasteiger partial charge in [0.15, 0.2) is 0 Å². The van der Waals surface area contributed by atoms with E-state index in [0.717, 1.165) is 29.0 Å². The van der Waals surface area contributed by atoms with Gasteiger partial charge in [-0.2, -0.15) is 0 Å². The second kappa shape index (κ2) is 6.39. The molecule has 1 aliphatic heterocycles. The molecule has 0 saturated carbocycles. The van der Waals surface area contributed by atoms with Gasteiger partial charge < -0.3 is 15.4 Å². The second-order valence-electron chi connectivity index (χ2n) is 5.18. The topological polar surface area (TPSA) is 33.3 Å². The van der Waals surface area contributed by atoms with Crippen molar-refractivity contribution in [3.8, 4) is 5.75 Å². The van der Waals surface area contributed by atoms with Crippen molar-refractivity contribution in [3.05, 3.63) is 52.0 Å². The molecule has 2 aromatic rings. The van der Waals surface area contributed by atoms with Crippen LogP contribution >= 0.6 is 15.9 Å². The number of ether oxygens (including phenoxy) is 1. The Morgan fingerprint density at radius 3 is 3.05 bits per heavy atom. The monoisotopic (exact) mass is 346 g/mol. The molecule has 0 radical (unpaired) electrons. The van der Waals surface area contributed by atoms with Gasteiger partial charge in [-0.05, 0) is 52.0 Å². The first-order valence-corrected chi connectivity index (χ1v) is 7.99. The molecule has 0 saturated heterocycles. The Morgan fingerprint density at radius 1 is 1.29 bits per heavy atom. The lowest BCUT2D eigenvalue weighted by Gasteiger charge is -2.21. The molecular weight excluding hydrogens is 328 g/mol. The minimum absolute atomic E-state index is 0.807. The molecule has 3 rings (SSSR count). The summed E-state index contributed by atoms with van der Waals surface area (Å²) in [6.45, 7) is 1.87. The fourth-order valence-electron chi connectivity index (χ4n) is 2.70. The first-order chi connectivity index (χ1) is 10.3. The van der Waals surface area contributed by atoms with E-state index in [0.29, 0.717) is 0 Å². The molecule has 2 aromatic carbocycles. The number of halogens is 1. The van der Waals surface area contributed by atoms with E-state index in [2.05, 4.69) is 50.8 Å². The van der Waals surface area contributed by atoms with Crippen LogP contribution in [0, 0.1) is 0 Å². The maximum atomic E-state index is 5.33. The summed E-state index contributed by atoms with van der Waals surface area (Å²) < 4.78 is 6.30. The molecule has 0 aromatic heterocycles. The van der Waals surface area contributed by atoms with E-state index in [1.54, 1.807) is 7.11 Å². The van der Waals surface area contributed by atoms with E-state index in [-0.39, 0.29) is 0 Å². The van der Waals surface area contributed by atoms with Crippen LogP contribution in [0.5, 0.6) is 5.75 Å². The Kier molecular flexibility index (Phi) is 4.34. The summed E-state index contributed by atoms with van der Waals surface area (Å²) in [5.41, 5.74) is 5.10. The molecule has 0 spiro atoms. The lowest BCUT2D eigenvalue weighted by atomic mass is 9.99. The Labute approximate surface area is 133 Å². The van der Waals surface area contributed by atoms with Gasteiger partial charge in [-0.25, -0.2) is 0 Å². The number of aryl methyl sites for hydroxylation is 1. The number of hydrogen-bond acceptors (Lipinski definition) is 3. The summed E-state index contributed by atoms with van der Waals surface area (Å²) >= 11 is 3.47. The van der Waals surface area contributed by atoms with Crippen LogP contribution in [0.25, 0.3) is 0 Å². The molecule has 1 heterocycles. The molecule has 3 nitrogen and oxygen atoms in total. The molecule has 4 heteroatoms. The van der Waals surface area contributed by atoms with Crippen molar-refractivity contribution in [1.82, 2.24) is 0 Å². The fourth-order valence-corrected chi connectivity index (χ4v) is 3.10. The highest BCUT2D eigenvalue weighted by Crippen LogP contribution is 2.29. The van der Waals surface area contributed by atoms with Gasteiger partial charge in [0, 0.05) is 30.5 Å². The second-order valence-corrected chi connectivity index (χ2v) is 6.04. The molecule has 2 N–H and O–H groups in total. The van der Waals surface area contributed by atoms with E-state index >= 15 is 0 Å². The first kappa shape index (κ1) is 14.3. The summed E-state index contributed by atoms with van der Waals surface area (Å²) in [5.74, 6) is 0.841. The van der Waals surface area contributed by atoms with Crippen LogP contribution in [0.2, 0.25) is 0 Å². The Hall–Kier alpha value is -1.68. The van der Waals surface area contributed by atoms with Crippen molar-refractivity contribution in [3.63, 3.8) is 0 Å². The van der Waals surface area contributed by atoms with Crippen LogP contribution in [0.1, 0.15) is 17.5 Å².